The van der Waals surface area contributed by atoms with Crippen molar-refractivity contribution in [2.45, 2.75) is 18.9 Å². The summed E-state index contributed by atoms with van der Waals surface area (Å²) >= 11 is 0. The Morgan fingerprint density at radius 3 is 2.60 bits per heavy atom. The van der Waals surface area contributed by atoms with Gasteiger partial charge < -0.3 is 10.4 Å². The smallest absolute Gasteiger partial charge is 0.304 e. The summed E-state index contributed by atoms with van der Waals surface area (Å²) in [5.74, 6) is -2.65. The van der Waals surface area contributed by atoms with Gasteiger partial charge in [0.1, 0.15) is 0 Å². The Bertz CT molecular complexity index is 476. The lowest BCUT2D eigenvalue weighted by Gasteiger charge is -2.34. The second-order valence-electron chi connectivity index (χ2n) is 4.99. The zero-order chi connectivity index (χ0) is 14.5. The highest BCUT2D eigenvalue weighted by atomic mass is 19.2. The summed E-state index contributed by atoms with van der Waals surface area (Å²) in [6, 6.07) is 3.54. The number of hydrogen-bond donors (Lipinski definition) is 2. The molecular weight excluding hydrogens is 266 g/mol. The molecule has 0 aliphatic carbocycles. The first kappa shape index (κ1) is 14.9. The van der Waals surface area contributed by atoms with Crippen LogP contribution in [0.1, 0.15) is 12.0 Å². The molecule has 1 aliphatic heterocycles. The molecule has 1 atom stereocenters. The van der Waals surface area contributed by atoms with Gasteiger partial charge in [-0.25, -0.2) is 8.78 Å². The van der Waals surface area contributed by atoms with Gasteiger partial charge >= 0.3 is 5.97 Å². The zero-order valence-electron chi connectivity index (χ0n) is 11.1. The Morgan fingerprint density at radius 2 is 2.00 bits per heavy atom. The normalized spacial score (nSPS) is 17.9. The van der Waals surface area contributed by atoms with Crippen molar-refractivity contribution in [1.82, 2.24) is 10.2 Å². The monoisotopic (exact) mass is 284 g/mol. The summed E-state index contributed by atoms with van der Waals surface area (Å²) in [4.78, 5) is 13.1. The van der Waals surface area contributed by atoms with E-state index in [9.17, 15) is 13.6 Å². The van der Waals surface area contributed by atoms with Crippen LogP contribution in [0.5, 0.6) is 0 Å². The second kappa shape index (κ2) is 6.76. The molecule has 0 aromatic heterocycles. The van der Waals surface area contributed by atoms with Crippen LogP contribution < -0.4 is 5.32 Å². The third-order valence-corrected chi connectivity index (χ3v) is 3.53. The van der Waals surface area contributed by atoms with Crippen molar-refractivity contribution < 1.29 is 18.7 Å². The van der Waals surface area contributed by atoms with Gasteiger partial charge in [-0.05, 0) is 24.1 Å². The molecule has 110 valence electrons. The molecule has 1 unspecified atom stereocenters. The minimum Gasteiger partial charge on any atom is -0.481 e. The largest absolute Gasteiger partial charge is 0.481 e. The Labute approximate surface area is 116 Å². The molecule has 0 amide bonds. The Hall–Kier alpha value is -1.53. The van der Waals surface area contributed by atoms with Crippen molar-refractivity contribution in [3.63, 3.8) is 0 Å². The minimum atomic E-state index is -0.892. The number of carbonyl (C=O) groups is 1. The first-order valence-electron chi connectivity index (χ1n) is 6.67. The third kappa shape index (κ3) is 3.98. The van der Waals surface area contributed by atoms with Gasteiger partial charge in [0.15, 0.2) is 11.6 Å². The quantitative estimate of drug-likeness (QED) is 0.854. The molecule has 1 aromatic carbocycles. The fraction of sp³-hybridized carbons (Fsp3) is 0.500. The number of hydrogen-bond acceptors (Lipinski definition) is 3. The lowest BCUT2D eigenvalue weighted by atomic mass is 10.0. The van der Waals surface area contributed by atoms with Crippen LogP contribution in [0.25, 0.3) is 0 Å². The van der Waals surface area contributed by atoms with Crippen LogP contribution in [0, 0.1) is 11.6 Å². The molecule has 1 aromatic rings. The van der Waals surface area contributed by atoms with Gasteiger partial charge in [0.25, 0.3) is 0 Å². The van der Waals surface area contributed by atoms with Gasteiger partial charge in [-0.1, -0.05) is 6.07 Å². The SMILES string of the molecule is O=C(O)CC(Cc1ccc(F)c(F)c1)N1CCNCC1. The molecule has 2 rings (SSSR count). The summed E-state index contributed by atoms with van der Waals surface area (Å²) in [6.07, 6.45) is 0.405. The highest BCUT2D eigenvalue weighted by Gasteiger charge is 2.23. The summed E-state index contributed by atoms with van der Waals surface area (Å²) < 4.78 is 26.1. The van der Waals surface area contributed by atoms with E-state index in [4.69, 9.17) is 5.11 Å². The van der Waals surface area contributed by atoms with Crippen molar-refractivity contribution in [1.29, 1.82) is 0 Å². The van der Waals surface area contributed by atoms with Crippen LogP contribution in [0.15, 0.2) is 18.2 Å². The van der Waals surface area contributed by atoms with Crippen molar-refractivity contribution in [3.8, 4) is 0 Å². The summed E-state index contributed by atoms with van der Waals surface area (Å²) in [5, 5.41) is 12.2. The predicted octanol–water partition coefficient (Wildman–Crippen LogP) is 1.26. The van der Waals surface area contributed by atoms with Crippen LogP contribution in [-0.2, 0) is 11.2 Å². The number of nitrogens with zero attached hydrogens (tertiary/aromatic N) is 1. The fourth-order valence-electron chi connectivity index (χ4n) is 2.52. The summed E-state index contributed by atoms with van der Waals surface area (Å²) in [7, 11) is 0. The fourth-order valence-corrected chi connectivity index (χ4v) is 2.52. The first-order chi connectivity index (χ1) is 9.56. The molecule has 1 saturated heterocycles. The molecule has 1 aliphatic rings. The maximum atomic E-state index is 13.2. The molecule has 2 N–H and O–H groups in total. The molecule has 0 spiro atoms. The van der Waals surface area contributed by atoms with E-state index in [2.05, 4.69) is 10.2 Å². The summed E-state index contributed by atoms with van der Waals surface area (Å²) in [6.45, 7) is 3.16. The topological polar surface area (TPSA) is 52.6 Å². The van der Waals surface area contributed by atoms with Crippen molar-refractivity contribution in [2.24, 2.45) is 0 Å². The van der Waals surface area contributed by atoms with Crippen LogP contribution >= 0.6 is 0 Å². The number of aliphatic carboxylic acids is 1. The molecular formula is C14H18F2N2O2. The third-order valence-electron chi connectivity index (χ3n) is 3.53. The molecule has 1 fully saturated rings. The number of carboxylic acid groups (broad SMARTS) is 1. The Balaban J connectivity index is 2.09. The van der Waals surface area contributed by atoms with E-state index in [1.54, 1.807) is 0 Å². The van der Waals surface area contributed by atoms with Crippen LogP contribution in [-0.4, -0.2) is 48.2 Å². The molecule has 0 bridgehead atoms. The Morgan fingerprint density at radius 1 is 1.30 bits per heavy atom. The highest BCUT2D eigenvalue weighted by molar-refractivity contribution is 5.67. The van der Waals surface area contributed by atoms with Gasteiger partial charge in [0.05, 0.1) is 6.42 Å². The predicted molar refractivity (Wildman–Crippen MR) is 70.5 cm³/mol. The zero-order valence-corrected chi connectivity index (χ0v) is 11.1. The lowest BCUT2D eigenvalue weighted by Crippen LogP contribution is -2.49. The number of carboxylic acids is 1. The first-order valence-corrected chi connectivity index (χ1v) is 6.67. The number of benzene rings is 1. The van der Waals surface area contributed by atoms with Crippen LogP contribution in [0.2, 0.25) is 0 Å². The number of piperazine rings is 1. The van der Waals surface area contributed by atoms with E-state index in [0.717, 1.165) is 38.3 Å². The second-order valence-corrected chi connectivity index (χ2v) is 4.99. The van der Waals surface area contributed by atoms with E-state index in [0.29, 0.717) is 12.0 Å². The number of rotatable bonds is 5. The van der Waals surface area contributed by atoms with Gasteiger partial charge in [-0.15, -0.1) is 0 Å². The lowest BCUT2D eigenvalue weighted by molar-refractivity contribution is -0.138. The molecule has 20 heavy (non-hydrogen) atoms. The van der Waals surface area contributed by atoms with E-state index in [-0.39, 0.29) is 12.5 Å². The highest BCUT2D eigenvalue weighted by Crippen LogP contribution is 2.16. The van der Waals surface area contributed by atoms with E-state index < -0.39 is 17.6 Å². The average molecular weight is 284 g/mol. The van der Waals surface area contributed by atoms with Gasteiger partial charge in [-0.3, -0.25) is 9.69 Å². The van der Waals surface area contributed by atoms with Crippen molar-refractivity contribution in [2.75, 3.05) is 26.2 Å². The summed E-state index contributed by atoms with van der Waals surface area (Å²) in [5.41, 5.74) is 0.619. The van der Waals surface area contributed by atoms with Crippen LogP contribution in [0.3, 0.4) is 0 Å². The Kier molecular flexibility index (Phi) is 5.03. The average Bonchev–Trinajstić information content (AvgIpc) is 2.43. The van der Waals surface area contributed by atoms with E-state index in [1.807, 2.05) is 0 Å². The van der Waals surface area contributed by atoms with Gasteiger partial charge in [0.2, 0.25) is 0 Å². The maximum Gasteiger partial charge on any atom is 0.304 e. The van der Waals surface area contributed by atoms with Crippen molar-refractivity contribution >= 4 is 5.97 Å². The molecule has 6 heteroatoms. The van der Waals surface area contributed by atoms with Gasteiger partial charge in [0, 0.05) is 32.2 Å². The van der Waals surface area contributed by atoms with Gasteiger partial charge in [-0.2, -0.15) is 0 Å². The minimum absolute atomic E-state index is 0.000997. The molecule has 1 heterocycles. The standard InChI is InChI=1S/C14H18F2N2O2/c15-12-2-1-10(8-13(12)16)7-11(9-14(19)20)18-5-3-17-4-6-18/h1-2,8,11,17H,3-7,9H2,(H,19,20). The maximum absolute atomic E-state index is 13.2. The number of nitrogens with one attached hydrogen (secondary N) is 1. The van der Waals surface area contributed by atoms with E-state index >= 15 is 0 Å². The van der Waals surface area contributed by atoms with Crippen LogP contribution in [0.4, 0.5) is 8.78 Å². The van der Waals surface area contributed by atoms with Crippen molar-refractivity contribution in [3.05, 3.63) is 35.4 Å². The molecule has 0 radical (unpaired) electrons. The molecule has 4 nitrogen and oxygen atoms in total. The molecule has 0 saturated carbocycles. The van der Waals surface area contributed by atoms with E-state index in [1.165, 1.54) is 6.07 Å². The number of halogens is 2.